The molecule has 1 aliphatic carbocycles. The topological polar surface area (TPSA) is 58.3 Å². The fourth-order valence-corrected chi connectivity index (χ4v) is 2.51. The van der Waals surface area contributed by atoms with E-state index in [1.807, 2.05) is 0 Å². The number of β-amino-alcohol motifs (C(OH)–C–C–N with tert-alkyl or cyclic N) is 1. The van der Waals surface area contributed by atoms with Crippen LogP contribution < -0.4 is 11.1 Å². The van der Waals surface area contributed by atoms with E-state index in [1.54, 1.807) is 0 Å². The number of hydrogen-bond donors (Lipinski definition) is 3. The van der Waals surface area contributed by atoms with Crippen LogP contribution in [0.2, 0.25) is 0 Å². The molecule has 1 fully saturated rings. The van der Waals surface area contributed by atoms with E-state index in [-0.39, 0.29) is 12.1 Å². The second kappa shape index (κ2) is 5.28. The summed E-state index contributed by atoms with van der Waals surface area (Å²) < 4.78 is 0. The third-order valence-corrected chi connectivity index (χ3v) is 3.79. The zero-order chi connectivity index (χ0) is 11.4. The predicted molar refractivity (Wildman–Crippen MR) is 63.7 cm³/mol. The van der Waals surface area contributed by atoms with Gasteiger partial charge < -0.3 is 16.2 Å². The van der Waals surface area contributed by atoms with Gasteiger partial charge >= 0.3 is 0 Å². The number of hydrogen-bond acceptors (Lipinski definition) is 3. The first kappa shape index (κ1) is 12.9. The van der Waals surface area contributed by atoms with E-state index in [9.17, 15) is 0 Å². The van der Waals surface area contributed by atoms with Gasteiger partial charge in [-0.25, -0.2) is 0 Å². The summed E-state index contributed by atoms with van der Waals surface area (Å²) in [6.07, 6.45) is 6.03. The molecule has 1 saturated carbocycles. The molecule has 0 bridgehead atoms. The second-order valence-electron chi connectivity index (χ2n) is 5.65. The van der Waals surface area contributed by atoms with Crippen LogP contribution in [0.5, 0.6) is 0 Å². The Balaban J connectivity index is 2.57. The van der Waals surface area contributed by atoms with Crippen LogP contribution in [0.25, 0.3) is 0 Å². The van der Waals surface area contributed by atoms with E-state index in [2.05, 4.69) is 19.2 Å². The van der Waals surface area contributed by atoms with Crippen LogP contribution in [0.1, 0.15) is 46.0 Å². The first-order chi connectivity index (χ1) is 7.04. The van der Waals surface area contributed by atoms with Crippen molar-refractivity contribution in [3.63, 3.8) is 0 Å². The Labute approximate surface area is 93.4 Å². The van der Waals surface area contributed by atoms with Crippen LogP contribution in [0.15, 0.2) is 0 Å². The van der Waals surface area contributed by atoms with Crippen molar-refractivity contribution >= 4 is 0 Å². The fraction of sp³-hybridized carbons (Fsp3) is 1.00. The van der Waals surface area contributed by atoms with Crippen LogP contribution in [-0.2, 0) is 0 Å². The third kappa shape index (κ3) is 3.74. The quantitative estimate of drug-likeness (QED) is 0.617. The molecule has 3 heteroatoms. The minimum Gasteiger partial charge on any atom is -0.395 e. The summed E-state index contributed by atoms with van der Waals surface area (Å²) in [4.78, 5) is 0. The second-order valence-corrected chi connectivity index (χ2v) is 5.65. The molecule has 0 aliphatic heterocycles. The van der Waals surface area contributed by atoms with Crippen molar-refractivity contribution in [3.05, 3.63) is 0 Å². The van der Waals surface area contributed by atoms with Crippen LogP contribution in [0.4, 0.5) is 0 Å². The molecule has 0 aromatic carbocycles. The molecule has 0 aromatic heterocycles. The summed E-state index contributed by atoms with van der Waals surface area (Å²) >= 11 is 0. The van der Waals surface area contributed by atoms with Gasteiger partial charge in [0.2, 0.25) is 0 Å². The highest BCUT2D eigenvalue weighted by Crippen LogP contribution is 2.37. The molecule has 3 nitrogen and oxygen atoms in total. The van der Waals surface area contributed by atoms with Crippen LogP contribution >= 0.6 is 0 Å². The Hall–Kier alpha value is -0.120. The molecule has 1 rings (SSSR count). The summed E-state index contributed by atoms with van der Waals surface area (Å²) in [5.74, 6) is 0. The summed E-state index contributed by atoms with van der Waals surface area (Å²) in [5, 5.41) is 12.3. The van der Waals surface area contributed by atoms with Crippen molar-refractivity contribution in [2.75, 3.05) is 19.7 Å². The maximum Gasteiger partial charge on any atom is 0.0556 e. The van der Waals surface area contributed by atoms with E-state index in [0.717, 1.165) is 12.8 Å². The zero-order valence-corrected chi connectivity index (χ0v) is 10.2. The van der Waals surface area contributed by atoms with Gasteiger partial charge in [-0.05, 0) is 31.1 Å². The highest BCUT2D eigenvalue weighted by Gasteiger charge is 2.33. The van der Waals surface area contributed by atoms with Crippen molar-refractivity contribution < 1.29 is 5.11 Å². The van der Waals surface area contributed by atoms with E-state index in [0.29, 0.717) is 18.5 Å². The van der Waals surface area contributed by atoms with Crippen LogP contribution in [-0.4, -0.2) is 30.3 Å². The van der Waals surface area contributed by atoms with E-state index < -0.39 is 0 Å². The molecule has 0 heterocycles. The van der Waals surface area contributed by atoms with Gasteiger partial charge in [0.05, 0.1) is 6.61 Å². The van der Waals surface area contributed by atoms with Crippen LogP contribution in [0.3, 0.4) is 0 Å². The number of nitrogens with two attached hydrogens (primary N) is 1. The molecule has 0 spiro atoms. The molecule has 0 aromatic rings. The van der Waals surface area contributed by atoms with Gasteiger partial charge in [-0.2, -0.15) is 0 Å². The highest BCUT2D eigenvalue weighted by atomic mass is 16.3. The van der Waals surface area contributed by atoms with Gasteiger partial charge in [0.1, 0.15) is 0 Å². The maximum atomic E-state index is 8.88. The first-order valence-electron chi connectivity index (χ1n) is 6.10. The lowest BCUT2D eigenvalue weighted by atomic mass is 9.83. The van der Waals surface area contributed by atoms with Crippen molar-refractivity contribution in [1.29, 1.82) is 0 Å². The lowest BCUT2D eigenvalue weighted by molar-refractivity contribution is 0.230. The van der Waals surface area contributed by atoms with Crippen molar-refractivity contribution in [2.45, 2.75) is 51.5 Å². The van der Waals surface area contributed by atoms with Crippen molar-refractivity contribution in [3.8, 4) is 0 Å². The van der Waals surface area contributed by atoms with Gasteiger partial charge in [-0.1, -0.05) is 20.3 Å². The molecular formula is C12H26N2O. The number of aliphatic hydroxyl groups is 1. The average Bonchev–Trinajstić information content (AvgIpc) is 2.35. The Kier molecular flexibility index (Phi) is 4.56. The molecular weight excluding hydrogens is 188 g/mol. The smallest absolute Gasteiger partial charge is 0.0556 e. The van der Waals surface area contributed by atoms with Crippen LogP contribution in [0, 0.1) is 5.41 Å². The Bertz CT molecular complexity index is 194. The molecule has 90 valence electrons. The summed E-state index contributed by atoms with van der Waals surface area (Å²) in [7, 11) is 0. The molecule has 1 atom stereocenters. The molecule has 0 radical (unpaired) electrons. The van der Waals surface area contributed by atoms with Gasteiger partial charge in [0, 0.05) is 18.6 Å². The monoisotopic (exact) mass is 214 g/mol. The number of nitrogens with one attached hydrogen (secondary N) is 1. The third-order valence-electron chi connectivity index (χ3n) is 3.79. The minimum absolute atomic E-state index is 0.0799. The van der Waals surface area contributed by atoms with E-state index in [4.69, 9.17) is 10.8 Å². The lowest BCUT2D eigenvalue weighted by Crippen LogP contribution is -2.51. The molecule has 4 N–H and O–H groups in total. The lowest BCUT2D eigenvalue weighted by Gasteiger charge is -2.33. The molecule has 0 saturated heterocycles. The predicted octanol–water partition coefficient (Wildman–Crippen LogP) is 1.26. The SMILES string of the molecule is CC1(C)CCCC(CN)(NCCO)CC1. The summed E-state index contributed by atoms with van der Waals surface area (Å²) in [6.45, 7) is 6.23. The standard InChI is InChI=1S/C12H26N2O/c1-11(2)4-3-5-12(10-13,7-6-11)14-8-9-15/h14-15H,3-10,13H2,1-2H3. The Morgan fingerprint density at radius 2 is 1.93 bits per heavy atom. The molecule has 0 amide bonds. The fourth-order valence-electron chi connectivity index (χ4n) is 2.51. The van der Waals surface area contributed by atoms with Gasteiger partial charge in [0.25, 0.3) is 0 Å². The Morgan fingerprint density at radius 3 is 2.53 bits per heavy atom. The van der Waals surface area contributed by atoms with Crippen molar-refractivity contribution in [2.24, 2.45) is 11.1 Å². The molecule has 15 heavy (non-hydrogen) atoms. The Morgan fingerprint density at radius 1 is 1.20 bits per heavy atom. The average molecular weight is 214 g/mol. The number of aliphatic hydroxyl groups excluding tert-OH is 1. The number of rotatable bonds is 4. The summed E-state index contributed by atoms with van der Waals surface area (Å²) in [6, 6.07) is 0. The zero-order valence-electron chi connectivity index (χ0n) is 10.2. The molecule has 1 unspecified atom stereocenters. The van der Waals surface area contributed by atoms with Gasteiger partial charge in [-0.3, -0.25) is 0 Å². The minimum atomic E-state index is 0.0799. The normalized spacial score (nSPS) is 31.2. The van der Waals surface area contributed by atoms with E-state index >= 15 is 0 Å². The largest absolute Gasteiger partial charge is 0.395 e. The summed E-state index contributed by atoms with van der Waals surface area (Å²) in [5.41, 5.74) is 6.43. The van der Waals surface area contributed by atoms with Gasteiger partial charge in [0.15, 0.2) is 0 Å². The molecule has 1 aliphatic rings. The van der Waals surface area contributed by atoms with Gasteiger partial charge in [-0.15, -0.1) is 0 Å². The van der Waals surface area contributed by atoms with E-state index in [1.165, 1.54) is 19.3 Å². The first-order valence-corrected chi connectivity index (χ1v) is 6.10. The highest BCUT2D eigenvalue weighted by molar-refractivity contribution is 4.93. The van der Waals surface area contributed by atoms with Crippen molar-refractivity contribution in [1.82, 2.24) is 5.32 Å². The maximum absolute atomic E-state index is 8.88.